The maximum Gasteiger partial charge on any atom is 0.326 e. The van der Waals surface area contributed by atoms with Crippen LogP contribution in [0, 0.1) is 23.7 Å². The molecule has 0 aliphatic carbocycles. The molecule has 0 spiro atoms. The van der Waals surface area contributed by atoms with Crippen molar-refractivity contribution in [3.8, 4) is 0 Å². The molecule has 0 aromatic heterocycles. The van der Waals surface area contributed by atoms with Crippen LogP contribution in [0.1, 0.15) is 74.7 Å². The van der Waals surface area contributed by atoms with E-state index in [1.165, 1.54) is 0 Å². The summed E-state index contributed by atoms with van der Waals surface area (Å²) in [6, 6.07) is -3.57. The lowest BCUT2D eigenvalue weighted by Gasteiger charge is -2.29. The van der Waals surface area contributed by atoms with Gasteiger partial charge in [-0.05, 0) is 36.5 Å². The first-order chi connectivity index (χ1) is 14.7. The Morgan fingerprint density at radius 2 is 1.22 bits per heavy atom. The lowest BCUT2D eigenvalue weighted by atomic mass is 9.95. The third-order valence-corrected chi connectivity index (χ3v) is 5.42. The van der Waals surface area contributed by atoms with Crippen LogP contribution in [0.25, 0.3) is 0 Å². The second-order valence-corrected chi connectivity index (χ2v) is 9.87. The topological polar surface area (TPSA) is 151 Å². The average Bonchev–Trinajstić information content (AvgIpc) is 2.67. The van der Waals surface area contributed by atoms with E-state index in [1.54, 1.807) is 13.8 Å². The van der Waals surface area contributed by atoms with Crippen molar-refractivity contribution in [2.24, 2.45) is 29.4 Å². The van der Waals surface area contributed by atoms with E-state index in [-0.39, 0.29) is 30.1 Å². The van der Waals surface area contributed by atoms with Gasteiger partial charge in [0.2, 0.25) is 17.7 Å². The van der Waals surface area contributed by atoms with Gasteiger partial charge < -0.3 is 26.8 Å². The molecule has 32 heavy (non-hydrogen) atoms. The van der Waals surface area contributed by atoms with Crippen molar-refractivity contribution in [1.82, 2.24) is 16.0 Å². The van der Waals surface area contributed by atoms with Gasteiger partial charge in [0.05, 0.1) is 6.04 Å². The summed E-state index contributed by atoms with van der Waals surface area (Å²) in [4.78, 5) is 50.0. The maximum absolute atomic E-state index is 13.1. The van der Waals surface area contributed by atoms with E-state index in [9.17, 15) is 24.3 Å². The van der Waals surface area contributed by atoms with Crippen molar-refractivity contribution in [2.75, 3.05) is 0 Å². The molecule has 0 saturated heterocycles. The SMILES string of the molecule is CCC(C)C(NC(=O)C(N)CC(C)C)C(=O)NC(C(=O)NC(CC(C)C)C(=O)O)C(C)C. The standard InChI is InChI=1S/C23H44N4O5/c1-9-15(8)19(27-20(28)16(24)10-12(2)3)22(30)26-18(14(6)7)21(29)25-17(23(31)32)11-13(4)5/h12-19H,9-11,24H2,1-8H3,(H,25,29)(H,26,30)(H,27,28)(H,31,32). The number of carboxylic acid groups (broad SMARTS) is 1. The van der Waals surface area contributed by atoms with Crippen LogP contribution >= 0.6 is 0 Å². The van der Waals surface area contributed by atoms with Crippen molar-refractivity contribution in [3.05, 3.63) is 0 Å². The molecule has 0 rings (SSSR count). The number of hydrogen-bond donors (Lipinski definition) is 5. The number of hydrogen-bond acceptors (Lipinski definition) is 5. The van der Waals surface area contributed by atoms with E-state index in [1.807, 2.05) is 41.5 Å². The summed E-state index contributed by atoms with van der Waals surface area (Å²) in [5.41, 5.74) is 5.97. The number of amides is 3. The first-order valence-corrected chi connectivity index (χ1v) is 11.6. The van der Waals surface area contributed by atoms with Gasteiger partial charge in [-0.2, -0.15) is 0 Å². The summed E-state index contributed by atoms with van der Waals surface area (Å²) >= 11 is 0. The fourth-order valence-electron chi connectivity index (χ4n) is 3.31. The second-order valence-electron chi connectivity index (χ2n) is 9.87. The Hall–Kier alpha value is -2.16. The molecule has 0 aliphatic heterocycles. The van der Waals surface area contributed by atoms with Crippen molar-refractivity contribution < 1.29 is 24.3 Å². The lowest BCUT2D eigenvalue weighted by molar-refractivity contribution is -0.143. The Balaban J connectivity index is 5.47. The predicted octanol–water partition coefficient (Wildman–Crippen LogP) is 1.65. The maximum atomic E-state index is 13.1. The molecule has 6 N–H and O–H groups in total. The molecule has 5 unspecified atom stereocenters. The highest BCUT2D eigenvalue weighted by Crippen LogP contribution is 2.12. The highest BCUT2D eigenvalue weighted by molar-refractivity contribution is 5.94. The molecule has 0 aromatic carbocycles. The molecule has 3 amide bonds. The largest absolute Gasteiger partial charge is 0.480 e. The molecule has 9 nitrogen and oxygen atoms in total. The molecule has 5 atom stereocenters. The molecule has 0 aromatic rings. The van der Waals surface area contributed by atoms with Crippen molar-refractivity contribution in [3.63, 3.8) is 0 Å². The molecule has 0 fully saturated rings. The number of nitrogens with one attached hydrogen (secondary N) is 3. The molecule has 186 valence electrons. The van der Waals surface area contributed by atoms with Crippen LogP contribution in [-0.4, -0.2) is 53.0 Å². The zero-order valence-electron chi connectivity index (χ0n) is 20.9. The Labute approximate surface area is 192 Å². The van der Waals surface area contributed by atoms with E-state index >= 15 is 0 Å². The average molecular weight is 457 g/mol. The molecule has 0 bridgehead atoms. The van der Waals surface area contributed by atoms with E-state index < -0.39 is 47.9 Å². The summed E-state index contributed by atoms with van der Waals surface area (Å²) in [6.07, 6.45) is 1.40. The van der Waals surface area contributed by atoms with Crippen LogP contribution in [-0.2, 0) is 19.2 Å². The number of carbonyl (C=O) groups excluding carboxylic acids is 3. The summed E-state index contributed by atoms with van der Waals surface area (Å²) in [5, 5.41) is 17.4. The minimum atomic E-state index is -1.12. The van der Waals surface area contributed by atoms with Crippen molar-refractivity contribution in [1.29, 1.82) is 0 Å². The number of carbonyl (C=O) groups is 4. The zero-order valence-corrected chi connectivity index (χ0v) is 20.9. The van der Waals surface area contributed by atoms with Crippen LogP contribution in [0.3, 0.4) is 0 Å². The zero-order chi connectivity index (χ0) is 25.2. The minimum Gasteiger partial charge on any atom is -0.480 e. The summed E-state index contributed by atoms with van der Waals surface area (Å²) < 4.78 is 0. The Kier molecular flexibility index (Phi) is 13.1. The minimum absolute atomic E-state index is 0.0727. The van der Waals surface area contributed by atoms with Crippen LogP contribution in [0.5, 0.6) is 0 Å². The predicted molar refractivity (Wildman–Crippen MR) is 125 cm³/mol. The normalized spacial score (nSPS) is 16.2. The van der Waals surface area contributed by atoms with E-state index in [0.29, 0.717) is 12.8 Å². The second kappa shape index (κ2) is 14.1. The molecular weight excluding hydrogens is 412 g/mol. The third kappa shape index (κ3) is 10.4. The van der Waals surface area contributed by atoms with Gasteiger partial charge in [-0.1, -0.05) is 61.8 Å². The number of aliphatic carboxylic acids is 1. The van der Waals surface area contributed by atoms with Gasteiger partial charge in [0.25, 0.3) is 0 Å². The molecule has 0 aliphatic rings. The van der Waals surface area contributed by atoms with Crippen LogP contribution in [0.15, 0.2) is 0 Å². The number of carboxylic acids is 1. The van der Waals surface area contributed by atoms with Gasteiger partial charge in [0.1, 0.15) is 18.1 Å². The first-order valence-electron chi connectivity index (χ1n) is 11.6. The van der Waals surface area contributed by atoms with Crippen LogP contribution < -0.4 is 21.7 Å². The molecule has 0 saturated carbocycles. The lowest BCUT2D eigenvalue weighted by Crippen LogP contribution is -2.59. The van der Waals surface area contributed by atoms with Gasteiger partial charge in [-0.3, -0.25) is 14.4 Å². The van der Waals surface area contributed by atoms with Crippen molar-refractivity contribution in [2.45, 2.75) is 98.8 Å². The van der Waals surface area contributed by atoms with Gasteiger partial charge in [-0.25, -0.2) is 4.79 Å². The van der Waals surface area contributed by atoms with Gasteiger partial charge >= 0.3 is 5.97 Å². The molecule has 0 heterocycles. The quantitative estimate of drug-likeness (QED) is 0.268. The van der Waals surface area contributed by atoms with E-state index in [4.69, 9.17) is 5.73 Å². The summed E-state index contributed by atoms with van der Waals surface area (Å²) in [6.45, 7) is 14.9. The molecule has 0 radical (unpaired) electrons. The van der Waals surface area contributed by atoms with E-state index in [2.05, 4.69) is 16.0 Å². The first kappa shape index (κ1) is 29.8. The van der Waals surface area contributed by atoms with Crippen molar-refractivity contribution >= 4 is 23.7 Å². The van der Waals surface area contributed by atoms with Crippen LogP contribution in [0.2, 0.25) is 0 Å². The van der Waals surface area contributed by atoms with Gasteiger partial charge in [-0.15, -0.1) is 0 Å². The Bertz CT molecular complexity index is 636. The Morgan fingerprint density at radius 3 is 1.62 bits per heavy atom. The molecular formula is C23H44N4O5. The van der Waals surface area contributed by atoms with Gasteiger partial charge in [0, 0.05) is 0 Å². The molecule has 9 heteroatoms. The fourth-order valence-corrected chi connectivity index (χ4v) is 3.31. The highest BCUT2D eigenvalue weighted by atomic mass is 16.4. The monoisotopic (exact) mass is 456 g/mol. The smallest absolute Gasteiger partial charge is 0.326 e. The summed E-state index contributed by atoms with van der Waals surface area (Å²) in [5.74, 6) is -2.76. The third-order valence-electron chi connectivity index (χ3n) is 5.42. The summed E-state index contributed by atoms with van der Waals surface area (Å²) in [7, 11) is 0. The Morgan fingerprint density at radius 1 is 0.750 bits per heavy atom. The number of rotatable bonds is 14. The highest BCUT2D eigenvalue weighted by Gasteiger charge is 2.33. The fraction of sp³-hybridized carbons (Fsp3) is 0.826. The van der Waals surface area contributed by atoms with E-state index in [0.717, 1.165) is 0 Å². The van der Waals surface area contributed by atoms with Crippen LogP contribution in [0.4, 0.5) is 0 Å². The number of nitrogens with two attached hydrogens (primary N) is 1. The van der Waals surface area contributed by atoms with Gasteiger partial charge in [0.15, 0.2) is 0 Å².